The number of hydrogen-bond donors (Lipinski definition) is 1. The fourth-order valence-corrected chi connectivity index (χ4v) is 3.02. The van der Waals surface area contributed by atoms with E-state index in [9.17, 15) is 14.9 Å². The second-order valence-electron chi connectivity index (χ2n) is 6.11. The van der Waals surface area contributed by atoms with Crippen molar-refractivity contribution in [3.63, 3.8) is 0 Å². The number of amides is 1. The van der Waals surface area contributed by atoms with Crippen LogP contribution in [-0.2, 0) is 0 Å². The van der Waals surface area contributed by atoms with E-state index in [1.807, 2.05) is 0 Å². The molecule has 1 aromatic carbocycles. The Labute approximate surface area is 136 Å². The fraction of sp³-hybridized carbons (Fsp3) is 0.529. The van der Waals surface area contributed by atoms with Crippen molar-refractivity contribution >= 4 is 17.3 Å². The number of nitro benzene ring substituents is 1. The summed E-state index contributed by atoms with van der Waals surface area (Å²) < 4.78 is 0. The van der Waals surface area contributed by atoms with Gasteiger partial charge in [-0.15, -0.1) is 0 Å². The summed E-state index contributed by atoms with van der Waals surface area (Å²) in [6.07, 6.45) is 6.63. The molecule has 1 aromatic rings. The molecule has 0 atom stereocenters. The number of aryl methyl sites for hydroxylation is 1. The molecule has 23 heavy (non-hydrogen) atoms. The van der Waals surface area contributed by atoms with Gasteiger partial charge in [0.2, 0.25) is 0 Å². The second kappa shape index (κ2) is 7.85. The third kappa shape index (κ3) is 4.61. The van der Waals surface area contributed by atoms with E-state index >= 15 is 0 Å². The number of benzene rings is 1. The van der Waals surface area contributed by atoms with Gasteiger partial charge in [-0.2, -0.15) is 5.10 Å². The van der Waals surface area contributed by atoms with Gasteiger partial charge in [0.15, 0.2) is 0 Å². The highest BCUT2D eigenvalue weighted by atomic mass is 16.6. The van der Waals surface area contributed by atoms with Gasteiger partial charge in [0.05, 0.1) is 4.92 Å². The Morgan fingerprint density at radius 2 is 2.09 bits per heavy atom. The van der Waals surface area contributed by atoms with Crippen LogP contribution in [0, 0.1) is 23.0 Å². The minimum Gasteiger partial charge on any atom is -0.267 e. The average Bonchev–Trinajstić information content (AvgIpc) is 2.53. The van der Waals surface area contributed by atoms with E-state index in [-0.39, 0.29) is 11.6 Å². The van der Waals surface area contributed by atoms with E-state index in [0.717, 1.165) is 37.3 Å². The molecule has 0 bridgehead atoms. The summed E-state index contributed by atoms with van der Waals surface area (Å²) in [5.74, 6) is 0.457. The van der Waals surface area contributed by atoms with Gasteiger partial charge in [-0.3, -0.25) is 14.9 Å². The molecule has 0 radical (unpaired) electrons. The van der Waals surface area contributed by atoms with Crippen LogP contribution in [0.4, 0.5) is 5.69 Å². The zero-order chi connectivity index (χ0) is 16.8. The molecule has 6 nitrogen and oxygen atoms in total. The number of nitrogens with zero attached hydrogens (tertiary/aromatic N) is 2. The van der Waals surface area contributed by atoms with Crippen molar-refractivity contribution in [2.45, 2.75) is 52.4 Å². The molecular formula is C17H23N3O3. The molecule has 0 saturated heterocycles. The van der Waals surface area contributed by atoms with Crippen LogP contribution in [0.3, 0.4) is 0 Å². The molecule has 0 spiro atoms. The average molecular weight is 317 g/mol. The summed E-state index contributed by atoms with van der Waals surface area (Å²) in [4.78, 5) is 22.4. The normalized spacial score (nSPS) is 17.7. The fourth-order valence-electron chi connectivity index (χ4n) is 3.02. The van der Waals surface area contributed by atoms with Gasteiger partial charge < -0.3 is 0 Å². The van der Waals surface area contributed by atoms with Crippen LogP contribution in [0.2, 0.25) is 0 Å². The van der Waals surface area contributed by atoms with Gasteiger partial charge in [0.1, 0.15) is 0 Å². The monoisotopic (exact) mass is 317 g/mol. The van der Waals surface area contributed by atoms with E-state index in [4.69, 9.17) is 0 Å². The number of rotatable bonds is 5. The predicted octanol–water partition coefficient (Wildman–Crippen LogP) is 3.98. The van der Waals surface area contributed by atoms with Gasteiger partial charge in [-0.25, -0.2) is 5.43 Å². The molecule has 1 aliphatic rings. The number of carbonyl (C=O) groups excluding carboxylic acids is 1. The molecule has 2 rings (SSSR count). The maximum atomic E-state index is 12.1. The van der Waals surface area contributed by atoms with Crippen LogP contribution in [0.1, 0.15) is 61.4 Å². The van der Waals surface area contributed by atoms with E-state index in [1.54, 1.807) is 6.92 Å². The molecule has 1 N–H and O–H groups in total. The standard InChI is InChI=1S/C17H23N3O3/c1-3-4-13-5-8-15(9-6-13)18-19-17(21)14-7-10-16(20(22)23)12(2)11-14/h7,10-11,13H,3-6,8-9H2,1-2H3,(H,19,21). The quantitative estimate of drug-likeness (QED) is 0.658. The molecule has 0 unspecified atom stereocenters. The second-order valence-corrected chi connectivity index (χ2v) is 6.11. The Bertz CT molecular complexity index is 616. The number of nitro groups is 1. The van der Waals surface area contributed by atoms with Crippen LogP contribution in [0.5, 0.6) is 0 Å². The van der Waals surface area contributed by atoms with Crippen molar-refractivity contribution < 1.29 is 9.72 Å². The maximum absolute atomic E-state index is 12.1. The molecule has 124 valence electrons. The topological polar surface area (TPSA) is 84.6 Å². The van der Waals surface area contributed by atoms with Gasteiger partial charge >= 0.3 is 0 Å². The number of nitrogens with one attached hydrogen (secondary N) is 1. The van der Waals surface area contributed by atoms with Gasteiger partial charge in [-0.05, 0) is 50.7 Å². The molecule has 0 aliphatic heterocycles. The largest absolute Gasteiger partial charge is 0.272 e. The van der Waals surface area contributed by atoms with Crippen molar-refractivity contribution in [3.05, 3.63) is 39.4 Å². The van der Waals surface area contributed by atoms with Crippen LogP contribution in [-0.4, -0.2) is 16.5 Å². The SMILES string of the molecule is CCCC1CCC(=NNC(=O)c2ccc([N+](=O)[O-])c(C)c2)CC1. The lowest BCUT2D eigenvalue weighted by Gasteiger charge is -2.22. The summed E-state index contributed by atoms with van der Waals surface area (Å²) >= 11 is 0. The summed E-state index contributed by atoms with van der Waals surface area (Å²) in [6, 6.07) is 4.33. The summed E-state index contributed by atoms with van der Waals surface area (Å²) in [5, 5.41) is 15.0. The first-order valence-corrected chi connectivity index (χ1v) is 8.12. The van der Waals surface area contributed by atoms with Crippen LogP contribution in [0.25, 0.3) is 0 Å². The Hall–Kier alpha value is -2.24. The first kappa shape index (κ1) is 17.1. The molecule has 1 aliphatic carbocycles. The van der Waals surface area contributed by atoms with Crippen LogP contribution in [0.15, 0.2) is 23.3 Å². The highest BCUT2D eigenvalue weighted by Gasteiger charge is 2.17. The van der Waals surface area contributed by atoms with Crippen LogP contribution >= 0.6 is 0 Å². The molecule has 1 saturated carbocycles. The maximum Gasteiger partial charge on any atom is 0.272 e. The third-order valence-electron chi connectivity index (χ3n) is 4.35. The lowest BCUT2D eigenvalue weighted by atomic mass is 9.85. The van der Waals surface area contributed by atoms with E-state index in [2.05, 4.69) is 17.5 Å². The Morgan fingerprint density at radius 1 is 1.39 bits per heavy atom. The Kier molecular flexibility index (Phi) is 5.84. The summed E-state index contributed by atoms with van der Waals surface area (Å²) in [5.41, 5.74) is 4.47. The predicted molar refractivity (Wildman–Crippen MR) is 89.6 cm³/mol. The lowest BCUT2D eigenvalue weighted by molar-refractivity contribution is -0.385. The Balaban J connectivity index is 1.94. The molecule has 1 amide bonds. The number of hydrazone groups is 1. The zero-order valence-electron chi connectivity index (χ0n) is 13.7. The van der Waals surface area contributed by atoms with Crippen molar-refractivity contribution in [3.8, 4) is 0 Å². The van der Waals surface area contributed by atoms with E-state index in [1.165, 1.54) is 31.0 Å². The molecule has 1 fully saturated rings. The highest BCUT2D eigenvalue weighted by molar-refractivity contribution is 5.96. The lowest BCUT2D eigenvalue weighted by Crippen LogP contribution is -2.22. The number of carbonyl (C=O) groups is 1. The van der Waals surface area contributed by atoms with Crippen molar-refractivity contribution in [2.75, 3.05) is 0 Å². The third-order valence-corrected chi connectivity index (χ3v) is 4.35. The zero-order valence-corrected chi connectivity index (χ0v) is 13.7. The molecule has 0 aromatic heterocycles. The van der Waals surface area contributed by atoms with Crippen molar-refractivity contribution in [2.24, 2.45) is 11.0 Å². The number of hydrogen-bond acceptors (Lipinski definition) is 4. The summed E-state index contributed by atoms with van der Waals surface area (Å²) in [7, 11) is 0. The highest BCUT2D eigenvalue weighted by Crippen LogP contribution is 2.26. The minimum absolute atomic E-state index is 0.0158. The van der Waals surface area contributed by atoms with Gasteiger partial charge in [0, 0.05) is 22.9 Å². The van der Waals surface area contributed by atoms with E-state index in [0.29, 0.717) is 11.1 Å². The van der Waals surface area contributed by atoms with Crippen LogP contribution < -0.4 is 5.43 Å². The molecule has 0 heterocycles. The molecular weight excluding hydrogens is 294 g/mol. The smallest absolute Gasteiger partial charge is 0.267 e. The minimum atomic E-state index is -0.452. The van der Waals surface area contributed by atoms with Gasteiger partial charge in [-0.1, -0.05) is 19.8 Å². The first-order chi connectivity index (χ1) is 11.0. The first-order valence-electron chi connectivity index (χ1n) is 8.12. The van der Waals surface area contributed by atoms with Crippen molar-refractivity contribution in [1.29, 1.82) is 0 Å². The van der Waals surface area contributed by atoms with Gasteiger partial charge in [0.25, 0.3) is 11.6 Å². The Morgan fingerprint density at radius 3 is 2.65 bits per heavy atom. The summed E-state index contributed by atoms with van der Waals surface area (Å²) in [6.45, 7) is 3.83. The van der Waals surface area contributed by atoms with Crippen molar-refractivity contribution in [1.82, 2.24) is 5.43 Å². The molecule has 6 heteroatoms. The van der Waals surface area contributed by atoms with E-state index < -0.39 is 4.92 Å².